The van der Waals surface area contributed by atoms with E-state index in [4.69, 9.17) is 4.74 Å². The Morgan fingerprint density at radius 2 is 2.26 bits per heavy atom. The van der Waals surface area contributed by atoms with E-state index in [0.29, 0.717) is 12.1 Å². The summed E-state index contributed by atoms with van der Waals surface area (Å²) in [7, 11) is 0. The van der Waals surface area contributed by atoms with Crippen molar-refractivity contribution in [2.75, 3.05) is 36.9 Å². The molecule has 0 aromatic carbocycles. The smallest absolute Gasteiger partial charge is 0.131 e. The molecule has 0 bridgehead atoms. The van der Waals surface area contributed by atoms with Gasteiger partial charge in [0.2, 0.25) is 0 Å². The van der Waals surface area contributed by atoms with Crippen molar-refractivity contribution < 1.29 is 4.74 Å². The Kier molecular flexibility index (Phi) is 4.10. The second-order valence-corrected chi connectivity index (χ2v) is 5.14. The van der Waals surface area contributed by atoms with E-state index in [0.717, 1.165) is 57.1 Å². The van der Waals surface area contributed by atoms with Crippen LogP contribution in [0, 0.1) is 0 Å². The first-order chi connectivity index (χ1) is 9.40. The third-order valence-electron chi connectivity index (χ3n) is 3.61. The maximum absolute atomic E-state index is 5.58. The lowest BCUT2D eigenvalue weighted by molar-refractivity contribution is 0.120. The summed E-state index contributed by atoms with van der Waals surface area (Å²) in [5.74, 6) is 1.75. The Morgan fingerprint density at radius 1 is 1.32 bits per heavy atom. The van der Waals surface area contributed by atoms with Crippen molar-refractivity contribution in [3.8, 4) is 0 Å². The zero-order valence-corrected chi connectivity index (χ0v) is 11.1. The summed E-state index contributed by atoms with van der Waals surface area (Å²) in [6, 6.07) is 2.44. The number of hydrogen-bond donors (Lipinski definition) is 3. The molecular formula is C13H21N5O. The molecule has 2 aliphatic heterocycles. The van der Waals surface area contributed by atoms with Crippen molar-refractivity contribution >= 4 is 11.6 Å². The van der Waals surface area contributed by atoms with Crippen LogP contribution in [0.2, 0.25) is 0 Å². The van der Waals surface area contributed by atoms with Crippen molar-refractivity contribution in [1.82, 2.24) is 15.3 Å². The lowest BCUT2D eigenvalue weighted by Gasteiger charge is -2.14. The van der Waals surface area contributed by atoms with Gasteiger partial charge in [-0.1, -0.05) is 0 Å². The van der Waals surface area contributed by atoms with Gasteiger partial charge in [0.25, 0.3) is 0 Å². The molecule has 1 aromatic rings. The molecule has 6 heteroatoms. The van der Waals surface area contributed by atoms with Gasteiger partial charge in [0.1, 0.15) is 18.0 Å². The molecule has 3 N–H and O–H groups in total. The molecule has 2 saturated heterocycles. The van der Waals surface area contributed by atoms with Crippen LogP contribution in [0.4, 0.5) is 11.6 Å². The van der Waals surface area contributed by atoms with Crippen molar-refractivity contribution in [3.63, 3.8) is 0 Å². The molecule has 2 aliphatic rings. The fourth-order valence-corrected chi connectivity index (χ4v) is 2.54. The highest BCUT2D eigenvalue weighted by Gasteiger charge is 2.16. The summed E-state index contributed by atoms with van der Waals surface area (Å²) >= 11 is 0. The van der Waals surface area contributed by atoms with E-state index >= 15 is 0 Å². The van der Waals surface area contributed by atoms with Crippen LogP contribution in [0.25, 0.3) is 0 Å². The molecule has 0 unspecified atom stereocenters. The van der Waals surface area contributed by atoms with Crippen LogP contribution < -0.4 is 16.0 Å². The molecule has 2 atom stereocenters. The summed E-state index contributed by atoms with van der Waals surface area (Å²) in [4.78, 5) is 8.50. The number of ether oxygens (including phenoxy) is 1. The number of nitrogens with one attached hydrogen (secondary N) is 3. The van der Waals surface area contributed by atoms with Crippen LogP contribution in [0.5, 0.6) is 0 Å². The summed E-state index contributed by atoms with van der Waals surface area (Å²) in [6.45, 7) is 3.79. The topological polar surface area (TPSA) is 71.1 Å². The van der Waals surface area contributed by atoms with Crippen molar-refractivity contribution in [3.05, 3.63) is 12.4 Å². The molecule has 0 amide bonds. The van der Waals surface area contributed by atoms with Crippen molar-refractivity contribution in [1.29, 1.82) is 0 Å². The van der Waals surface area contributed by atoms with Gasteiger partial charge in [-0.2, -0.15) is 0 Å². The van der Waals surface area contributed by atoms with Gasteiger partial charge in [-0.15, -0.1) is 0 Å². The van der Waals surface area contributed by atoms with Gasteiger partial charge in [-0.05, 0) is 25.8 Å². The highest BCUT2D eigenvalue weighted by molar-refractivity contribution is 5.47. The molecule has 19 heavy (non-hydrogen) atoms. The number of rotatable bonds is 5. The Hall–Kier alpha value is -1.40. The predicted molar refractivity (Wildman–Crippen MR) is 74.4 cm³/mol. The van der Waals surface area contributed by atoms with Gasteiger partial charge in [-0.3, -0.25) is 0 Å². The van der Waals surface area contributed by atoms with E-state index in [9.17, 15) is 0 Å². The minimum absolute atomic E-state index is 0.324. The largest absolute Gasteiger partial charge is 0.376 e. The van der Waals surface area contributed by atoms with Gasteiger partial charge in [0, 0.05) is 31.8 Å². The minimum atomic E-state index is 0.324. The molecule has 1 aromatic heterocycles. The third kappa shape index (κ3) is 3.54. The summed E-state index contributed by atoms with van der Waals surface area (Å²) < 4.78 is 5.58. The molecular weight excluding hydrogens is 242 g/mol. The van der Waals surface area contributed by atoms with Crippen LogP contribution in [0.1, 0.15) is 19.3 Å². The van der Waals surface area contributed by atoms with Crippen LogP contribution >= 0.6 is 0 Å². The number of hydrogen-bond acceptors (Lipinski definition) is 6. The number of nitrogens with zero attached hydrogens (tertiary/aromatic N) is 2. The highest BCUT2D eigenvalue weighted by atomic mass is 16.5. The molecule has 2 fully saturated rings. The van der Waals surface area contributed by atoms with Gasteiger partial charge >= 0.3 is 0 Å². The second-order valence-electron chi connectivity index (χ2n) is 5.14. The summed E-state index contributed by atoms with van der Waals surface area (Å²) in [5, 5.41) is 10.1. The lowest BCUT2D eigenvalue weighted by atomic mass is 10.2. The zero-order chi connectivity index (χ0) is 12.9. The fourth-order valence-electron chi connectivity index (χ4n) is 2.54. The molecule has 0 saturated carbocycles. The predicted octanol–water partition coefficient (Wildman–Crippen LogP) is 0.841. The Balaban J connectivity index is 1.52. The molecule has 6 nitrogen and oxygen atoms in total. The molecule has 3 rings (SSSR count). The van der Waals surface area contributed by atoms with E-state index < -0.39 is 0 Å². The van der Waals surface area contributed by atoms with Gasteiger partial charge in [0.15, 0.2) is 0 Å². The van der Waals surface area contributed by atoms with Gasteiger partial charge < -0.3 is 20.7 Å². The molecule has 0 spiro atoms. The third-order valence-corrected chi connectivity index (χ3v) is 3.61. The molecule has 0 radical (unpaired) electrons. The fraction of sp³-hybridized carbons (Fsp3) is 0.692. The van der Waals surface area contributed by atoms with E-state index in [1.165, 1.54) is 0 Å². The summed E-state index contributed by atoms with van der Waals surface area (Å²) in [5.41, 5.74) is 0. The lowest BCUT2D eigenvalue weighted by Crippen LogP contribution is -2.23. The minimum Gasteiger partial charge on any atom is -0.376 e. The second kappa shape index (κ2) is 6.16. The molecule has 104 valence electrons. The summed E-state index contributed by atoms with van der Waals surface area (Å²) in [6.07, 6.45) is 5.37. The molecule has 3 heterocycles. The normalized spacial score (nSPS) is 26.5. The Bertz CT molecular complexity index is 402. The average molecular weight is 263 g/mol. The highest BCUT2D eigenvalue weighted by Crippen LogP contribution is 2.15. The number of aromatic nitrogens is 2. The molecule has 0 aliphatic carbocycles. The van der Waals surface area contributed by atoms with E-state index in [1.807, 2.05) is 6.07 Å². The average Bonchev–Trinajstić information content (AvgIpc) is 3.10. The first kappa shape index (κ1) is 12.6. The SMILES string of the molecule is c1nc(NC[C@@H]2CCCO2)cc(N[C@H]2CCNC2)n1. The van der Waals surface area contributed by atoms with Gasteiger partial charge in [-0.25, -0.2) is 9.97 Å². The van der Waals surface area contributed by atoms with Gasteiger partial charge in [0.05, 0.1) is 6.10 Å². The zero-order valence-electron chi connectivity index (χ0n) is 11.1. The van der Waals surface area contributed by atoms with Crippen LogP contribution in [0.3, 0.4) is 0 Å². The first-order valence-electron chi connectivity index (χ1n) is 7.05. The van der Waals surface area contributed by atoms with Crippen LogP contribution in [-0.4, -0.2) is 48.4 Å². The Labute approximate surface area is 113 Å². The van der Waals surface area contributed by atoms with Crippen molar-refractivity contribution in [2.24, 2.45) is 0 Å². The standard InChI is InChI=1S/C13H21N5O/c1-2-11(19-5-1)8-15-12-6-13(17-9-16-12)18-10-3-4-14-7-10/h6,9-11,14H,1-5,7-8H2,(H2,15,16,17,18)/t10-,11-/m0/s1. The van der Waals surface area contributed by atoms with E-state index in [2.05, 4.69) is 25.9 Å². The monoisotopic (exact) mass is 263 g/mol. The quantitative estimate of drug-likeness (QED) is 0.731. The first-order valence-corrected chi connectivity index (χ1v) is 7.05. The van der Waals surface area contributed by atoms with E-state index in [1.54, 1.807) is 6.33 Å². The Morgan fingerprint density at radius 3 is 3.05 bits per heavy atom. The maximum atomic E-state index is 5.58. The van der Waals surface area contributed by atoms with E-state index in [-0.39, 0.29) is 0 Å². The maximum Gasteiger partial charge on any atom is 0.131 e. The van der Waals surface area contributed by atoms with Crippen LogP contribution in [0.15, 0.2) is 12.4 Å². The van der Waals surface area contributed by atoms with Crippen molar-refractivity contribution in [2.45, 2.75) is 31.4 Å². The number of anilines is 2. The van der Waals surface area contributed by atoms with Crippen LogP contribution in [-0.2, 0) is 4.74 Å².